The molecule has 0 fully saturated rings. The summed E-state index contributed by atoms with van der Waals surface area (Å²) in [7, 11) is 0. The maximum absolute atomic E-state index is 12.7. The number of nitrogens with one attached hydrogen (secondary N) is 1. The minimum atomic E-state index is -0.386. The van der Waals surface area contributed by atoms with Crippen molar-refractivity contribution in [1.82, 2.24) is 10.2 Å². The molecule has 27 heavy (non-hydrogen) atoms. The minimum Gasteiger partial charge on any atom is -0.469 e. The fourth-order valence-corrected chi connectivity index (χ4v) is 3.43. The molecule has 0 aliphatic rings. The van der Waals surface area contributed by atoms with Crippen LogP contribution in [0.5, 0.6) is 0 Å². The second-order valence-corrected chi connectivity index (χ2v) is 8.00. The van der Waals surface area contributed by atoms with E-state index >= 15 is 0 Å². The van der Waals surface area contributed by atoms with Gasteiger partial charge in [-0.25, -0.2) is 0 Å². The summed E-state index contributed by atoms with van der Waals surface area (Å²) in [6.45, 7) is 9.87. The SMILES string of the molecule is Cc1cccc(C(C)C)c1NC(=O)C(C)Sc1nnc(-c2ccoc2C)o1. The molecule has 0 bridgehead atoms. The summed E-state index contributed by atoms with van der Waals surface area (Å²) >= 11 is 1.23. The number of aryl methyl sites for hydroxylation is 2. The molecule has 0 saturated carbocycles. The van der Waals surface area contributed by atoms with E-state index in [4.69, 9.17) is 8.83 Å². The highest BCUT2D eigenvalue weighted by Gasteiger charge is 2.21. The number of carbonyl (C=O) groups excluding carboxylic acids is 1. The number of para-hydroxylation sites is 1. The maximum atomic E-state index is 12.7. The Hall–Kier alpha value is -2.54. The number of hydrogen-bond acceptors (Lipinski definition) is 6. The number of furan rings is 1. The molecule has 1 atom stereocenters. The summed E-state index contributed by atoms with van der Waals surface area (Å²) in [4.78, 5) is 12.7. The molecule has 0 radical (unpaired) electrons. The summed E-state index contributed by atoms with van der Waals surface area (Å²) in [6, 6.07) is 7.83. The van der Waals surface area contributed by atoms with Gasteiger partial charge in [-0.2, -0.15) is 0 Å². The molecule has 2 aromatic heterocycles. The van der Waals surface area contributed by atoms with Crippen LogP contribution in [0.15, 0.2) is 44.6 Å². The molecule has 1 aromatic carbocycles. The van der Waals surface area contributed by atoms with Gasteiger partial charge in [0.1, 0.15) is 5.76 Å². The average molecular weight is 385 g/mol. The monoisotopic (exact) mass is 385 g/mol. The van der Waals surface area contributed by atoms with Crippen molar-refractivity contribution in [2.45, 2.75) is 51.0 Å². The number of thioether (sulfide) groups is 1. The van der Waals surface area contributed by atoms with Crippen LogP contribution < -0.4 is 5.32 Å². The lowest BCUT2D eigenvalue weighted by atomic mass is 9.98. The van der Waals surface area contributed by atoms with Crippen LogP contribution in [0, 0.1) is 13.8 Å². The number of nitrogens with zero attached hydrogens (tertiary/aromatic N) is 2. The summed E-state index contributed by atoms with van der Waals surface area (Å²) < 4.78 is 10.9. The van der Waals surface area contributed by atoms with Crippen molar-refractivity contribution < 1.29 is 13.6 Å². The van der Waals surface area contributed by atoms with Crippen molar-refractivity contribution in [3.05, 3.63) is 47.4 Å². The van der Waals surface area contributed by atoms with E-state index in [1.54, 1.807) is 12.3 Å². The Morgan fingerprint density at radius 3 is 2.59 bits per heavy atom. The van der Waals surface area contributed by atoms with Crippen LogP contribution >= 0.6 is 11.8 Å². The molecule has 0 spiro atoms. The summed E-state index contributed by atoms with van der Waals surface area (Å²) in [5.74, 6) is 1.31. The highest BCUT2D eigenvalue weighted by molar-refractivity contribution is 8.00. The molecule has 1 unspecified atom stereocenters. The Morgan fingerprint density at radius 2 is 1.93 bits per heavy atom. The number of hydrogen-bond donors (Lipinski definition) is 1. The van der Waals surface area contributed by atoms with E-state index in [1.165, 1.54) is 11.8 Å². The third kappa shape index (κ3) is 4.24. The van der Waals surface area contributed by atoms with Crippen molar-refractivity contribution in [1.29, 1.82) is 0 Å². The average Bonchev–Trinajstić information content (AvgIpc) is 3.24. The standard InChI is InChI=1S/C20H23N3O3S/c1-11(2)15-8-6-7-12(3)17(15)21-18(24)14(5)27-20-23-22-19(26-20)16-9-10-25-13(16)4/h6-11,14H,1-5H3,(H,21,24). The first kappa shape index (κ1) is 19.2. The van der Waals surface area contributed by atoms with E-state index in [0.717, 1.165) is 22.4 Å². The van der Waals surface area contributed by atoms with E-state index in [9.17, 15) is 4.79 Å². The number of aromatic nitrogens is 2. The van der Waals surface area contributed by atoms with Gasteiger partial charge in [-0.15, -0.1) is 10.2 Å². The summed E-state index contributed by atoms with van der Waals surface area (Å²) in [6.07, 6.45) is 1.58. The minimum absolute atomic E-state index is 0.101. The predicted molar refractivity (Wildman–Crippen MR) is 106 cm³/mol. The van der Waals surface area contributed by atoms with Crippen LogP contribution in [-0.2, 0) is 4.79 Å². The molecule has 142 valence electrons. The lowest BCUT2D eigenvalue weighted by Crippen LogP contribution is -2.23. The van der Waals surface area contributed by atoms with Crippen LogP contribution in [0.25, 0.3) is 11.5 Å². The van der Waals surface area contributed by atoms with E-state index < -0.39 is 0 Å². The molecular weight excluding hydrogens is 362 g/mol. The van der Waals surface area contributed by atoms with Gasteiger partial charge in [-0.1, -0.05) is 43.8 Å². The van der Waals surface area contributed by atoms with E-state index in [-0.39, 0.29) is 11.2 Å². The fraction of sp³-hybridized carbons (Fsp3) is 0.350. The maximum Gasteiger partial charge on any atom is 0.277 e. The van der Waals surface area contributed by atoms with Gasteiger partial charge in [-0.3, -0.25) is 4.79 Å². The first-order valence-corrected chi connectivity index (χ1v) is 9.69. The molecule has 1 N–H and O–H groups in total. The van der Waals surface area contributed by atoms with Crippen LogP contribution in [0.4, 0.5) is 5.69 Å². The lowest BCUT2D eigenvalue weighted by Gasteiger charge is -2.18. The van der Waals surface area contributed by atoms with E-state index in [2.05, 4.69) is 29.4 Å². The molecule has 0 aliphatic carbocycles. The predicted octanol–water partition coefficient (Wildman–Crippen LogP) is 5.19. The summed E-state index contributed by atoms with van der Waals surface area (Å²) in [5.41, 5.74) is 3.80. The third-order valence-electron chi connectivity index (χ3n) is 4.32. The van der Waals surface area contributed by atoms with Crippen molar-refractivity contribution in [2.75, 3.05) is 5.32 Å². The Morgan fingerprint density at radius 1 is 1.15 bits per heavy atom. The van der Waals surface area contributed by atoms with Crippen molar-refractivity contribution >= 4 is 23.4 Å². The molecular formula is C20H23N3O3S. The first-order chi connectivity index (χ1) is 12.9. The number of amides is 1. The molecule has 3 rings (SSSR count). The molecule has 7 heteroatoms. The molecule has 1 amide bonds. The largest absolute Gasteiger partial charge is 0.469 e. The second-order valence-electron chi connectivity index (χ2n) is 6.71. The van der Waals surface area contributed by atoms with Crippen LogP contribution in [0.1, 0.15) is 43.6 Å². The molecule has 2 heterocycles. The zero-order valence-corrected chi connectivity index (χ0v) is 16.9. The smallest absolute Gasteiger partial charge is 0.277 e. The van der Waals surface area contributed by atoms with Gasteiger partial charge < -0.3 is 14.2 Å². The van der Waals surface area contributed by atoms with E-state index in [0.29, 0.717) is 22.8 Å². The topological polar surface area (TPSA) is 81.2 Å². The number of benzene rings is 1. The Balaban J connectivity index is 1.71. The second kappa shape index (κ2) is 8.00. The fourth-order valence-electron chi connectivity index (χ4n) is 2.74. The van der Waals surface area contributed by atoms with Crippen molar-refractivity contribution in [3.63, 3.8) is 0 Å². The highest BCUT2D eigenvalue weighted by Crippen LogP contribution is 2.31. The van der Waals surface area contributed by atoms with Crippen LogP contribution in [0.3, 0.4) is 0 Å². The van der Waals surface area contributed by atoms with Crippen molar-refractivity contribution in [2.24, 2.45) is 0 Å². The highest BCUT2D eigenvalue weighted by atomic mass is 32.2. The first-order valence-electron chi connectivity index (χ1n) is 8.81. The van der Waals surface area contributed by atoms with Gasteiger partial charge in [0.15, 0.2) is 0 Å². The molecule has 0 aliphatic heterocycles. The zero-order chi connectivity index (χ0) is 19.6. The normalized spacial score (nSPS) is 12.4. The van der Waals surface area contributed by atoms with Crippen LogP contribution in [-0.4, -0.2) is 21.4 Å². The number of carbonyl (C=O) groups is 1. The van der Waals surface area contributed by atoms with E-state index in [1.807, 2.05) is 39.0 Å². The number of rotatable bonds is 6. The zero-order valence-electron chi connectivity index (χ0n) is 16.1. The molecule has 6 nitrogen and oxygen atoms in total. The van der Waals surface area contributed by atoms with Gasteiger partial charge >= 0.3 is 0 Å². The van der Waals surface area contributed by atoms with Gasteiger partial charge in [0.25, 0.3) is 11.1 Å². The van der Waals surface area contributed by atoms with Gasteiger partial charge in [-0.05, 0) is 43.9 Å². The van der Waals surface area contributed by atoms with Gasteiger partial charge in [0, 0.05) is 5.69 Å². The van der Waals surface area contributed by atoms with Crippen LogP contribution in [0.2, 0.25) is 0 Å². The van der Waals surface area contributed by atoms with Gasteiger partial charge in [0.05, 0.1) is 17.1 Å². The number of anilines is 1. The summed E-state index contributed by atoms with van der Waals surface area (Å²) in [5, 5.41) is 11.1. The lowest BCUT2D eigenvalue weighted by molar-refractivity contribution is -0.115. The third-order valence-corrected chi connectivity index (χ3v) is 5.25. The molecule has 3 aromatic rings. The Kier molecular flexibility index (Phi) is 5.70. The molecule has 0 saturated heterocycles. The van der Waals surface area contributed by atoms with Crippen molar-refractivity contribution in [3.8, 4) is 11.5 Å². The van der Waals surface area contributed by atoms with Gasteiger partial charge in [0.2, 0.25) is 5.91 Å². The Bertz CT molecular complexity index is 946. The quantitative estimate of drug-likeness (QED) is 0.588. The Labute approximate surface area is 162 Å².